The Morgan fingerprint density at radius 3 is 2.40 bits per heavy atom. The molecule has 1 aromatic heterocycles. The summed E-state index contributed by atoms with van der Waals surface area (Å²) in [7, 11) is 0. The molecule has 5 nitrogen and oxygen atoms in total. The minimum absolute atomic E-state index is 0.0955. The van der Waals surface area contributed by atoms with Gasteiger partial charge in [-0.3, -0.25) is 4.79 Å². The molecular formula is C24H30N4OS. The maximum atomic E-state index is 12.3. The summed E-state index contributed by atoms with van der Waals surface area (Å²) >= 11 is 1.41. The van der Waals surface area contributed by atoms with Crippen LogP contribution in [0, 0.1) is 0 Å². The third-order valence-corrected chi connectivity index (χ3v) is 5.68. The van der Waals surface area contributed by atoms with Gasteiger partial charge in [0.25, 0.3) is 0 Å². The molecule has 0 atom stereocenters. The van der Waals surface area contributed by atoms with E-state index < -0.39 is 0 Å². The summed E-state index contributed by atoms with van der Waals surface area (Å²) in [6, 6.07) is 20.5. The van der Waals surface area contributed by atoms with E-state index in [0.717, 1.165) is 36.8 Å². The van der Waals surface area contributed by atoms with E-state index in [9.17, 15) is 4.79 Å². The first-order chi connectivity index (χ1) is 14.7. The lowest BCUT2D eigenvalue weighted by atomic mass is 10.1. The first kappa shape index (κ1) is 22.0. The number of hydrogen-bond donors (Lipinski definition) is 1. The lowest BCUT2D eigenvalue weighted by Crippen LogP contribution is -2.31. The van der Waals surface area contributed by atoms with Gasteiger partial charge in [0.1, 0.15) is 5.82 Å². The highest BCUT2D eigenvalue weighted by Crippen LogP contribution is 2.21. The third kappa shape index (κ3) is 7.26. The summed E-state index contributed by atoms with van der Waals surface area (Å²) in [6.07, 6.45) is 4.51. The number of anilines is 1. The molecule has 3 rings (SSSR count). The van der Waals surface area contributed by atoms with Gasteiger partial charge in [0.2, 0.25) is 11.0 Å². The Morgan fingerprint density at radius 2 is 1.70 bits per heavy atom. The summed E-state index contributed by atoms with van der Waals surface area (Å²) in [5.41, 5.74) is 2.39. The molecule has 0 bridgehead atoms. The van der Waals surface area contributed by atoms with Crippen molar-refractivity contribution in [3.05, 3.63) is 77.6 Å². The molecule has 0 radical (unpaired) electrons. The molecule has 6 heteroatoms. The second kappa shape index (κ2) is 12.1. The molecule has 2 aromatic carbocycles. The van der Waals surface area contributed by atoms with Gasteiger partial charge in [-0.25, -0.2) is 4.98 Å². The highest BCUT2D eigenvalue weighted by atomic mass is 32.1. The molecule has 0 spiro atoms. The highest BCUT2D eigenvalue weighted by Gasteiger charge is 2.15. The minimum atomic E-state index is 0.0955. The van der Waals surface area contributed by atoms with Crippen LogP contribution in [-0.2, 0) is 17.8 Å². The van der Waals surface area contributed by atoms with Crippen molar-refractivity contribution in [2.75, 3.05) is 18.0 Å². The molecular weight excluding hydrogens is 392 g/mol. The monoisotopic (exact) mass is 422 g/mol. The van der Waals surface area contributed by atoms with E-state index in [-0.39, 0.29) is 5.91 Å². The molecule has 1 heterocycles. The van der Waals surface area contributed by atoms with Crippen LogP contribution in [0.15, 0.2) is 60.7 Å². The summed E-state index contributed by atoms with van der Waals surface area (Å²) in [5, 5.41) is 3.89. The normalized spacial score (nSPS) is 10.7. The Balaban J connectivity index is 1.63. The SMILES string of the molecule is CCCCCNC(=O)CCN(Cc1ccccc1)c1nc(Cc2ccccc2)ns1. The highest BCUT2D eigenvalue weighted by molar-refractivity contribution is 7.09. The fraction of sp³-hybridized carbons (Fsp3) is 0.375. The summed E-state index contributed by atoms with van der Waals surface area (Å²) in [6.45, 7) is 4.25. The number of carbonyl (C=O) groups excluding carboxylic acids is 1. The maximum absolute atomic E-state index is 12.3. The van der Waals surface area contributed by atoms with Crippen LogP contribution in [0.25, 0.3) is 0 Å². The molecule has 0 saturated heterocycles. The van der Waals surface area contributed by atoms with Gasteiger partial charge in [0.15, 0.2) is 0 Å². The lowest BCUT2D eigenvalue weighted by molar-refractivity contribution is -0.120. The fourth-order valence-corrected chi connectivity index (χ4v) is 3.91. The molecule has 1 amide bonds. The molecule has 0 unspecified atom stereocenters. The first-order valence-electron chi connectivity index (χ1n) is 10.7. The van der Waals surface area contributed by atoms with Crippen molar-refractivity contribution in [1.29, 1.82) is 0 Å². The van der Waals surface area contributed by atoms with E-state index >= 15 is 0 Å². The van der Waals surface area contributed by atoms with Gasteiger partial charge in [-0.1, -0.05) is 80.4 Å². The van der Waals surface area contributed by atoms with Crippen LogP contribution in [0.3, 0.4) is 0 Å². The summed E-state index contributed by atoms with van der Waals surface area (Å²) in [4.78, 5) is 19.2. The zero-order valence-electron chi connectivity index (χ0n) is 17.6. The van der Waals surface area contributed by atoms with Crippen LogP contribution in [0.4, 0.5) is 5.13 Å². The van der Waals surface area contributed by atoms with Crippen molar-refractivity contribution >= 4 is 22.6 Å². The topological polar surface area (TPSA) is 58.1 Å². The number of benzene rings is 2. The Hall–Kier alpha value is -2.73. The number of unbranched alkanes of at least 4 members (excludes halogenated alkanes) is 2. The number of rotatable bonds is 12. The van der Waals surface area contributed by atoms with Crippen molar-refractivity contribution < 1.29 is 4.79 Å². The Kier molecular flexibility index (Phi) is 8.84. The van der Waals surface area contributed by atoms with Crippen LogP contribution in [-0.4, -0.2) is 28.4 Å². The van der Waals surface area contributed by atoms with Gasteiger partial charge in [-0.2, -0.15) is 4.37 Å². The first-order valence-corrected chi connectivity index (χ1v) is 11.4. The number of amides is 1. The second-order valence-corrected chi connectivity index (χ2v) is 8.10. The number of hydrogen-bond acceptors (Lipinski definition) is 5. The Labute approximate surface area is 183 Å². The van der Waals surface area contributed by atoms with Gasteiger partial charge >= 0.3 is 0 Å². The minimum Gasteiger partial charge on any atom is -0.356 e. The molecule has 0 saturated carbocycles. The number of nitrogens with one attached hydrogen (secondary N) is 1. The smallest absolute Gasteiger partial charge is 0.221 e. The summed E-state index contributed by atoms with van der Waals surface area (Å²) in [5.74, 6) is 0.918. The average Bonchev–Trinajstić information content (AvgIpc) is 3.24. The van der Waals surface area contributed by atoms with E-state index in [1.807, 2.05) is 36.4 Å². The van der Waals surface area contributed by atoms with Gasteiger partial charge < -0.3 is 10.2 Å². The van der Waals surface area contributed by atoms with E-state index in [1.54, 1.807) is 0 Å². The number of nitrogens with zero attached hydrogens (tertiary/aromatic N) is 3. The van der Waals surface area contributed by atoms with Crippen molar-refractivity contribution in [2.45, 2.75) is 45.6 Å². The van der Waals surface area contributed by atoms with Crippen molar-refractivity contribution in [3.8, 4) is 0 Å². The number of aromatic nitrogens is 2. The number of carbonyl (C=O) groups is 1. The maximum Gasteiger partial charge on any atom is 0.221 e. The fourth-order valence-electron chi connectivity index (χ4n) is 3.20. The standard InChI is InChI=1S/C24H30N4OS/c1-2-3-10-16-25-23(29)15-17-28(19-21-13-8-5-9-14-21)24-26-22(27-30-24)18-20-11-6-4-7-12-20/h4-9,11-14H,2-3,10,15-19H2,1H3,(H,25,29). The molecule has 0 aliphatic rings. The molecule has 0 aliphatic heterocycles. The van der Waals surface area contributed by atoms with Crippen LogP contribution < -0.4 is 10.2 Å². The van der Waals surface area contributed by atoms with Gasteiger partial charge in [-0.05, 0) is 17.5 Å². The zero-order chi connectivity index (χ0) is 21.0. The summed E-state index contributed by atoms with van der Waals surface area (Å²) < 4.78 is 4.56. The van der Waals surface area contributed by atoms with E-state index in [4.69, 9.17) is 4.98 Å². The van der Waals surface area contributed by atoms with Crippen molar-refractivity contribution in [1.82, 2.24) is 14.7 Å². The van der Waals surface area contributed by atoms with Gasteiger partial charge in [0, 0.05) is 44.0 Å². The molecule has 0 aliphatic carbocycles. The molecule has 0 fully saturated rings. The molecule has 158 valence electrons. The predicted octanol–water partition coefficient (Wildman–Crippen LogP) is 4.83. The van der Waals surface area contributed by atoms with Gasteiger partial charge in [0.05, 0.1) is 0 Å². The van der Waals surface area contributed by atoms with E-state index in [2.05, 4.69) is 45.8 Å². The Morgan fingerprint density at radius 1 is 1.00 bits per heavy atom. The Bertz CT molecular complexity index is 882. The van der Waals surface area contributed by atoms with Crippen LogP contribution in [0.2, 0.25) is 0 Å². The van der Waals surface area contributed by atoms with Crippen LogP contribution in [0.1, 0.15) is 49.6 Å². The molecule has 30 heavy (non-hydrogen) atoms. The predicted molar refractivity (Wildman–Crippen MR) is 124 cm³/mol. The quantitative estimate of drug-likeness (QED) is 0.425. The van der Waals surface area contributed by atoms with Crippen molar-refractivity contribution in [3.63, 3.8) is 0 Å². The van der Waals surface area contributed by atoms with Crippen LogP contribution in [0.5, 0.6) is 0 Å². The zero-order valence-corrected chi connectivity index (χ0v) is 18.4. The van der Waals surface area contributed by atoms with Gasteiger partial charge in [-0.15, -0.1) is 0 Å². The van der Waals surface area contributed by atoms with Crippen LogP contribution >= 0.6 is 11.5 Å². The lowest BCUT2D eigenvalue weighted by Gasteiger charge is -2.21. The van der Waals surface area contributed by atoms with Crippen molar-refractivity contribution in [2.24, 2.45) is 0 Å². The van der Waals surface area contributed by atoms with E-state index in [0.29, 0.717) is 25.9 Å². The largest absolute Gasteiger partial charge is 0.356 e. The van der Waals surface area contributed by atoms with E-state index in [1.165, 1.54) is 22.7 Å². The molecule has 3 aromatic rings. The molecule has 1 N–H and O–H groups in total. The second-order valence-electron chi connectivity index (χ2n) is 7.37. The average molecular weight is 423 g/mol. The third-order valence-electron chi connectivity index (χ3n) is 4.86.